The third kappa shape index (κ3) is 3.94. The quantitative estimate of drug-likeness (QED) is 0.177. The van der Waals surface area contributed by atoms with Gasteiger partial charge in [-0.15, -0.1) is 22.7 Å². The van der Waals surface area contributed by atoms with Gasteiger partial charge in [-0.25, -0.2) is 29.9 Å². The van der Waals surface area contributed by atoms with Gasteiger partial charge in [0.05, 0.1) is 64.6 Å². The minimum atomic E-state index is 0.808. The number of nitrogens with zero attached hydrogens (tertiary/aromatic N) is 10. The summed E-state index contributed by atoms with van der Waals surface area (Å²) in [6.07, 6.45) is 3.34. The fourth-order valence-electron chi connectivity index (χ4n) is 8.92. The molecule has 0 bridgehead atoms. The van der Waals surface area contributed by atoms with E-state index in [4.69, 9.17) is 29.9 Å². The lowest BCUT2D eigenvalue weighted by molar-refractivity contribution is 1.04. The van der Waals surface area contributed by atoms with Gasteiger partial charge in [0.1, 0.15) is 12.7 Å². The molecule has 14 rings (SSSR count). The lowest BCUT2D eigenvalue weighted by atomic mass is 10.0. The SMILES string of the molecule is c1ccc2c(c1)nc1n(-c3ncnc4c3sc3ccccc34)c3ccc(-c4ccc5c(c4)n4c6ccccc6nc4n5-c4ncnc5c4sc4ccccc45)cc3n21. The van der Waals surface area contributed by atoms with Gasteiger partial charge in [0.15, 0.2) is 11.6 Å². The monoisotopic (exact) mass is 780 g/mol. The van der Waals surface area contributed by atoms with Crippen molar-refractivity contribution in [1.82, 2.24) is 47.8 Å². The van der Waals surface area contributed by atoms with Crippen molar-refractivity contribution in [2.24, 2.45) is 0 Å². The second-order valence-corrected chi connectivity index (χ2v) is 16.6. The molecule has 0 atom stereocenters. The Morgan fingerprint density at radius 1 is 0.397 bits per heavy atom. The molecule has 0 fully saturated rings. The van der Waals surface area contributed by atoms with Crippen LogP contribution in [0, 0.1) is 0 Å². The van der Waals surface area contributed by atoms with Crippen LogP contribution in [0.4, 0.5) is 0 Å². The van der Waals surface area contributed by atoms with Crippen LogP contribution in [0.5, 0.6) is 0 Å². The summed E-state index contributed by atoms with van der Waals surface area (Å²) in [7, 11) is 0. The topological polar surface area (TPSA) is 96.0 Å². The number of imidazole rings is 4. The van der Waals surface area contributed by atoms with Gasteiger partial charge in [-0.3, -0.25) is 17.9 Å². The summed E-state index contributed by atoms with van der Waals surface area (Å²) in [4.78, 5) is 29.8. The highest BCUT2D eigenvalue weighted by Gasteiger charge is 2.24. The van der Waals surface area contributed by atoms with E-state index in [0.29, 0.717) is 0 Å². The largest absolute Gasteiger partial charge is 0.276 e. The van der Waals surface area contributed by atoms with E-state index < -0.39 is 0 Å². The molecule has 58 heavy (non-hydrogen) atoms. The number of para-hydroxylation sites is 4. The van der Waals surface area contributed by atoms with Gasteiger partial charge in [-0.05, 0) is 71.8 Å². The zero-order chi connectivity index (χ0) is 37.6. The third-order valence-corrected chi connectivity index (χ3v) is 13.7. The highest BCUT2D eigenvalue weighted by atomic mass is 32.1. The first-order valence-corrected chi connectivity index (χ1v) is 20.5. The number of aromatic nitrogens is 10. The van der Waals surface area contributed by atoms with Gasteiger partial charge in [0.25, 0.3) is 0 Å². The average molecular weight is 781 g/mol. The minimum Gasteiger partial charge on any atom is -0.276 e. The van der Waals surface area contributed by atoms with Crippen molar-refractivity contribution in [1.29, 1.82) is 0 Å². The summed E-state index contributed by atoms with van der Waals surface area (Å²) in [6, 6.07) is 46.8. The molecule has 0 aliphatic carbocycles. The fraction of sp³-hybridized carbons (Fsp3) is 0. The van der Waals surface area contributed by atoms with Crippen LogP contribution < -0.4 is 0 Å². The van der Waals surface area contributed by atoms with Gasteiger partial charge in [0.2, 0.25) is 11.6 Å². The molecule has 0 N–H and O–H groups in total. The van der Waals surface area contributed by atoms with Gasteiger partial charge in [-0.1, -0.05) is 72.8 Å². The molecule has 270 valence electrons. The van der Waals surface area contributed by atoms with Crippen LogP contribution in [0.3, 0.4) is 0 Å². The van der Waals surface area contributed by atoms with E-state index in [1.807, 2.05) is 12.1 Å². The molecule has 0 saturated heterocycles. The van der Waals surface area contributed by atoms with E-state index in [1.54, 1.807) is 35.3 Å². The fourth-order valence-corrected chi connectivity index (χ4v) is 11.2. The van der Waals surface area contributed by atoms with Crippen LogP contribution >= 0.6 is 22.7 Å². The Bertz CT molecular complexity index is 3800. The number of hydrogen-bond acceptors (Lipinski definition) is 8. The smallest absolute Gasteiger partial charge is 0.221 e. The molecule has 8 aromatic heterocycles. The maximum absolute atomic E-state index is 5.20. The molecule has 0 radical (unpaired) electrons. The van der Waals surface area contributed by atoms with Crippen LogP contribution in [0.15, 0.2) is 146 Å². The highest BCUT2D eigenvalue weighted by molar-refractivity contribution is 7.26. The van der Waals surface area contributed by atoms with Crippen LogP contribution in [-0.2, 0) is 0 Å². The second kappa shape index (κ2) is 11.1. The van der Waals surface area contributed by atoms with Crippen molar-refractivity contribution in [3.05, 3.63) is 146 Å². The number of benzene rings is 6. The van der Waals surface area contributed by atoms with E-state index in [2.05, 4.69) is 139 Å². The van der Waals surface area contributed by atoms with E-state index >= 15 is 0 Å². The Kier molecular flexibility index (Phi) is 5.85. The Hall–Kier alpha value is -7.54. The molecule has 10 nitrogen and oxygen atoms in total. The molecule has 0 aliphatic rings. The molecule has 8 heterocycles. The summed E-state index contributed by atoms with van der Waals surface area (Å²) in [5, 5.41) is 2.26. The molecule has 14 aromatic rings. The molecule has 6 aromatic carbocycles. The van der Waals surface area contributed by atoms with Crippen molar-refractivity contribution in [3.8, 4) is 22.8 Å². The second-order valence-electron chi connectivity index (χ2n) is 14.5. The Morgan fingerprint density at radius 3 is 1.34 bits per heavy atom. The van der Waals surface area contributed by atoms with Gasteiger partial charge in [0, 0.05) is 20.2 Å². The molecular formula is C46H24N10S2. The van der Waals surface area contributed by atoms with E-state index in [9.17, 15) is 0 Å². The van der Waals surface area contributed by atoms with Crippen molar-refractivity contribution in [2.45, 2.75) is 0 Å². The Morgan fingerprint density at radius 2 is 0.845 bits per heavy atom. The van der Waals surface area contributed by atoms with Crippen LogP contribution in [0.25, 0.3) is 119 Å². The maximum Gasteiger partial charge on any atom is 0.221 e. The molecule has 0 amide bonds. The van der Waals surface area contributed by atoms with Crippen molar-refractivity contribution in [2.75, 3.05) is 0 Å². The van der Waals surface area contributed by atoms with Gasteiger partial charge >= 0.3 is 0 Å². The van der Waals surface area contributed by atoms with Crippen molar-refractivity contribution in [3.63, 3.8) is 0 Å². The predicted molar refractivity (Wildman–Crippen MR) is 235 cm³/mol. The molecule has 0 unspecified atom stereocenters. The molecule has 0 spiro atoms. The number of hydrogen-bond donors (Lipinski definition) is 0. The average Bonchev–Trinajstić information content (AvgIpc) is 4.11. The molecular weight excluding hydrogens is 757 g/mol. The third-order valence-electron chi connectivity index (χ3n) is 11.4. The predicted octanol–water partition coefficient (Wildman–Crippen LogP) is 11.2. The lowest BCUT2D eigenvalue weighted by Crippen LogP contribution is -1.99. The number of rotatable bonds is 3. The Labute approximate surface area is 334 Å². The summed E-state index contributed by atoms with van der Waals surface area (Å²) in [6.45, 7) is 0. The van der Waals surface area contributed by atoms with Crippen LogP contribution in [0.2, 0.25) is 0 Å². The molecule has 0 aliphatic heterocycles. The van der Waals surface area contributed by atoms with Crippen LogP contribution in [-0.4, -0.2) is 47.8 Å². The molecule has 0 saturated carbocycles. The zero-order valence-corrected chi connectivity index (χ0v) is 31.8. The van der Waals surface area contributed by atoms with Crippen LogP contribution in [0.1, 0.15) is 0 Å². The number of fused-ring (bicyclic) bond motifs is 16. The van der Waals surface area contributed by atoms with Gasteiger partial charge < -0.3 is 0 Å². The highest BCUT2D eigenvalue weighted by Crippen LogP contribution is 2.41. The first kappa shape index (κ1) is 30.7. The van der Waals surface area contributed by atoms with Crippen molar-refractivity contribution >= 4 is 119 Å². The summed E-state index contributed by atoms with van der Waals surface area (Å²) in [5.74, 6) is 3.26. The summed E-state index contributed by atoms with van der Waals surface area (Å²) < 4.78 is 13.3. The summed E-state index contributed by atoms with van der Waals surface area (Å²) in [5.41, 5.74) is 12.1. The minimum absolute atomic E-state index is 0.808. The first-order valence-electron chi connectivity index (χ1n) is 18.9. The van der Waals surface area contributed by atoms with E-state index in [-0.39, 0.29) is 0 Å². The maximum atomic E-state index is 5.20. The Balaban J connectivity index is 1.03. The standard InChI is InChI=1S/C46H24N10S2/c1-7-15-37-27(9-1)39-41(57-37)43(49-23-47-39)55-33-19-17-25(21-35(33)53-31-13-5-3-11-29(31)51-45(53)55)26-18-20-34-36(22-26)54-32-14-6-4-12-30(32)52-46(54)56(34)44-42-40(48-24-50-44)28-10-2-8-16-38(28)58-42/h1-24H. The summed E-state index contributed by atoms with van der Waals surface area (Å²) >= 11 is 3.43. The van der Waals surface area contributed by atoms with E-state index in [0.717, 1.165) is 110 Å². The first-order chi connectivity index (χ1) is 28.8. The van der Waals surface area contributed by atoms with E-state index in [1.165, 1.54) is 9.40 Å². The van der Waals surface area contributed by atoms with Crippen molar-refractivity contribution < 1.29 is 0 Å². The normalized spacial score (nSPS) is 12.5. The number of thiophene rings is 2. The zero-order valence-electron chi connectivity index (χ0n) is 30.1. The molecule has 12 heteroatoms. The lowest BCUT2D eigenvalue weighted by Gasteiger charge is -2.08. The van der Waals surface area contributed by atoms with Gasteiger partial charge in [-0.2, -0.15) is 0 Å².